The van der Waals surface area contributed by atoms with Crippen molar-refractivity contribution < 1.29 is 19.1 Å². The fraction of sp³-hybridized carbons (Fsp3) is 0.583. The number of rotatable bonds is 4. The van der Waals surface area contributed by atoms with Gasteiger partial charge in [0.05, 0.1) is 17.6 Å². The van der Waals surface area contributed by atoms with E-state index in [1.54, 1.807) is 11.6 Å². The maximum atomic E-state index is 13.0. The van der Waals surface area contributed by atoms with E-state index in [4.69, 9.17) is 4.74 Å². The third-order valence-corrected chi connectivity index (χ3v) is 6.38. The third-order valence-electron chi connectivity index (χ3n) is 6.38. The summed E-state index contributed by atoms with van der Waals surface area (Å²) in [7, 11) is 1.70. The van der Waals surface area contributed by atoms with Gasteiger partial charge in [-0.25, -0.2) is 4.79 Å². The Kier molecular flexibility index (Phi) is 6.18. The highest BCUT2D eigenvalue weighted by Crippen LogP contribution is 2.30. The molecule has 0 bridgehead atoms. The molecule has 1 aromatic heterocycles. The molecule has 1 aromatic carbocycles. The minimum Gasteiger partial charge on any atom is -0.459 e. The molecule has 1 N–H and O–H groups in total. The molecule has 2 aromatic rings. The summed E-state index contributed by atoms with van der Waals surface area (Å²) < 4.78 is 8.52. The Hall–Kier alpha value is -2.94. The van der Waals surface area contributed by atoms with Crippen molar-refractivity contribution in [2.24, 2.45) is 7.05 Å². The Balaban J connectivity index is 1.57. The molecular formula is C24H32N4O5. The number of imidazole rings is 1. The molecule has 9 heteroatoms. The van der Waals surface area contributed by atoms with Crippen molar-refractivity contribution in [3.63, 3.8) is 0 Å². The number of hydrogen-bond acceptors (Lipinski definition) is 6. The Morgan fingerprint density at radius 1 is 1.15 bits per heavy atom. The molecular weight excluding hydrogens is 424 g/mol. The zero-order valence-electron chi connectivity index (χ0n) is 19.7. The zero-order valence-corrected chi connectivity index (χ0v) is 19.7. The van der Waals surface area contributed by atoms with Gasteiger partial charge < -0.3 is 4.74 Å². The maximum Gasteiger partial charge on any atom is 0.329 e. The molecule has 33 heavy (non-hydrogen) atoms. The average Bonchev–Trinajstić information content (AvgIpc) is 2.97. The summed E-state index contributed by atoms with van der Waals surface area (Å²) in [6.45, 7) is 7.45. The fourth-order valence-corrected chi connectivity index (χ4v) is 4.89. The molecule has 0 saturated carbocycles. The van der Waals surface area contributed by atoms with Gasteiger partial charge in [-0.15, -0.1) is 0 Å². The highest BCUT2D eigenvalue weighted by molar-refractivity contribution is 6.00. The Morgan fingerprint density at radius 2 is 1.91 bits per heavy atom. The van der Waals surface area contributed by atoms with Gasteiger partial charge in [0.1, 0.15) is 11.6 Å². The van der Waals surface area contributed by atoms with Crippen LogP contribution >= 0.6 is 0 Å². The van der Waals surface area contributed by atoms with Gasteiger partial charge in [0.25, 0.3) is 0 Å². The molecule has 9 nitrogen and oxygen atoms in total. The van der Waals surface area contributed by atoms with Crippen molar-refractivity contribution in [3.8, 4) is 0 Å². The number of nitrogens with one attached hydrogen (secondary N) is 1. The van der Waals surface area contributed by atoms with Crippen LogP contribution in [0.15, 0.2) is 23.0 Å². The zero-order chi connectivity index (χ0) is 23.9. The van der Waals surface area contributed by atoms with Crippen molar-refractivity contribution in [3.05, 3.63) is 34.2 Å². The maximum absolute atomic E-state index is 13.0. The van der Waals surface area contributed by atoms with Crippen molar-refractivity contribution in [1.82, 2.24) is 19.4 Å². The molecule has 178 valence electrons. The van der Waals surface area contributed by atoms with Gasteiger partial charge in [-0.2, -0.15) is 0 Å². The molecule has 2 amide bonds. The summed E-state index contributed by atoms with van der Waals surface area (Å²) in [4.78, 5) is 51.3. The quantitative estimate of drug-likeness (QED) is 0.556. The lowest BCUT2D eigenvalue weighted by Crippen LogP contribution is -2.44. The van der Waals surface area contributed by atoms with Crippen LogP contribution in [0.3, 0.4) is 0 Å². The molecule has 2 fully saturated rings. The summed E-state index contributed by atoms with van der Waals surface area (Å²) >= 11 is 0. The van der Waals surface area contributed by atoms with E-state index in [0.29, 0.717) is 11.9 Å². The molecule has 2 atom stereocenters. The first-order chi connectivity index (χ1) is 15.5. The van der Waals surface area contributed by atoms with Crippen molar-refractivity contribution in [2.45, 2.75) is 64.0 Å². The van der Waals surface area contributed by atoms with E-state index >= 15 is 0 Å². The minimum atomic E-state index is -0.691. The van der Waals surface area contributed by atoms with E-state index in [1.807, 2.05) is 39.0 Å². The van der Waals surface area contributed by atoms with Crippen molar-refractivity contribution >= 4 is 28.8 Å². The fourth-order valence-electron chi connectivity index (χ4n) is 4.89. The van der Waals surface area contributed by atoms with Crippen LogP contribution in [0.5, 0.6) is 0 Å². The second kappa shape index (κ2) is 8.78. The van der Waals surface area contributed by atoms with Crippen LogP contribution in [-0.2, 0) is 26.2 Å². The lowest BCUT2D eigenvalue weighted by Gasteiger charge is -2.33. The molecule has 4 rings (SSSR count). The summed E-state index contributed by atoms with van der Waals surface area (Å²) in [5.74, 6) is -0.725. The topological polar surface area (TPSA) is 103 Å². The smallest absolute Gasteiger partial charge is 0.329 e. The Labute approximate surface area is 192 Å². The number of carbonyl (C=O) groups is 3. The lowest BCUT2D eigenvalue weighted by molar-refractivity contribution is -0.156. The number of nitrogens with zero attached hydrogens (tertiary/aromatic N) is 3. The van der Waals surface area contributed by atoms with Gasteiger partial charge in [-0.1, -0.05) is 6.07 Å². The van der Waals surface area contributed by atoms with E-state index in [1.165, 1.54) is 4.57 Å². The van der Waals surface area contributed by atoms with E-state index in [-0.39, 0.29) is 36.4 Å². The van der Waals surface area contributed by atoms with Crippen LogP contribution in [-0.4, -0.2) is 57.1 Å². The van der Waals surface area contributed by atoms with Gasteiger partial charge in [0.15, 0.2) is 0 Å². The number of aryl methyl sites for hydroxylation is 1. The molecule has 0 aliphatic carbocycles. The van der Waals surface area contributed by atoms with Gasteiger partial charge in [-0.05, 0) is 70.2 Å². The van der Waals surface area contributed by atoms with Gasteiger partial charge in [-0.3, -0.25) is 33.7 Å². The number of hydrogen-bond donors (Lipinski definition) is 1. The molecule has 1 unspecified atom stereocenters. The van der Waals surface area contributed by atoms with Gasteiger partial charge in [0.2, 0.25) is 11.8 Å². The van der Waals surface area contributed by atoms with Crippen molar-refractivity contribution in [2.75, 3.05) is 19.6 Å². The van der Waals surface area contributed by atoms with Crippen LogP contribution in [0, 0.1) is 0 Å². The van der Waals surface area contributed by atoms with E-state index < -0.39 is 17.6 Å². The number of carbonyl (C=O) groups excluding carboxylic acids is 3. The lowest BCUT2D eigenvalue weighted by atomic mass is 9.90. The molecule has 3 heterocycles. The number of esters is 1. The summed E-state index contributed by atoms with van der Waals surface area (Å²) in [6, 6.07) is 5.22. The minimum absolute atomic E-state index is 0.215. The number of aromatic nitrogens is 2. The number of imide groups is 1. The number of likely N-dealkylation sites (tertiary alicyclic amines) is 1. The first-order valence-corrected chi connectivity index (χ1v) is 11.5. The molecule has 0 radical (unpaired) electrons. The second-order valence-electron chi connectivity index (χ2n) is 10.1. The van der Waals surface area contributed by atoms with E-state index in [0.717, 1.165) is 37.0 Å². The highest BCUT2D eigenvalue weighted by Gasteiger charge is 2.32. The first kappa shape index (κ1) is 23.2. The molecule has 2 aliphatic heterocycles. The number of amides is 2. The summed E-state index contributed by atoms with van der Waals surface area (Å²) in [6.07, 6.45) is 2.50. The van der Waals surface area contributed by atoms with E-state index in [9.17, 15) is 19.2 Å². The van der Waals surface area contributed by atoms with Crippen molar-refractivity contribution in [1.29, 1.82) is 0 Å². The molecule has 2 saturated heterocycles. The third kappa shape index (κ3) is 4.88. The van der Waals surface area contributed by atoms with Gasteiger partial charge >= 0.3 is 11.7 Å². The second-order valence-corrected chi connectivity index (χ2v) is 10.1. The number of fused-ring (bicyclic) bond motifs is 1. The summed E-state index contributed by atoms with van der Waals surface area (Å²) in [5.41, 5.74) is 1.77. The summed E-state index contributed by atoms with van der Waals surface area (Å²) in [5, 5.41) is 2.34. The SMILES string of the molecule is Cn1c(=O)n(C2CCC(=O)NC2=O)c2ccc([C@H]3CCCN(CC(=O)OC(C)(C)C)C3)cc21. The predicted molar refractivity (Wildman–Crippen MR) is 123 cm³/mol. The average molecular weight is 457 g/mol. The number of benzene rings is 1. The molecule has 2 aliphatic rings. The predicted octanol–water partition coefficient (Wildman–Crippen LogP) is 1.84. The normalized spacial score (nSPS) is 22.4. The largest absolute Gasteiger partial charge is 0.459 e. The highest BCUT2D eigenvalue weighted by atomic mass is 16.6. The standard InChI is InChI=1S/C24H32N4O5/c1-24(2,3)33-21(30)14-27-11-5-6-16(13-27)15-7-8-17-19(12-15)26(4)23(32)28(17)18-9-10-20(29)25-22(18)31/h7-8,12,16,18H,5-6,9-11,13-14H2,1-4H3,(H,25,29,31)/t16-,18?/m0/s1. The number of ether oxygens (including phenoxy) is 1. The Morgan fingerprint density at radius 3 is 2.61 bits per heavy atom. The van der Waals surface area contributed by atoms with E-state index in [2.05, 4.69) is 10.2 Å². The van der Waals surface area contributed by atoms with Crippen LogP contribution in [0.1, 0.15) is 64.0 Å². The van der Waals surface area contributed by atoms with Crippen LogP contribution in [0.2, 0.25) is 0 Å². The van der Waals surface area contributed by atoms with Gasteiger partial charge in [0, 0.05) is 20.0 Å². The monoisotopic (exact) mass is 456 g/mol. The Bertz CT molecular complexity index is 1160. The van der Waals surface area contributed by atoms with Crippen LogP contribution in [0.25, 0.3) is 11.0 Å². The van der Waals surface area contributed by atoms with Crippen LogP contribution in [0.4, 0.5) is 0 Å². The molecule has 0 spiro atoms. The first-order valence-electron chi connectivity index (χ1n) is 11.5. The van der Waals surface area contributed by atoms with Crippen LogP contribution < -0.4 is 11.0 Å². The number of piperidine rings is 2.